The number of carbonyl (C=O) groups is 2. The standard InChI is InChI=1S/C14H17N3O6/c1-15(10-4-2-3-5-11(10)17(21)22)9-13(18)16-6-7-23-12(8-16)14(19)20/h2-5,12H,6-9H2,1H3,(H,19,20). The Morgan fingerprint density at radius 3 is 2.83 bits per heavy atom. The highest BCUT2D eigenvalue weighted by atomic mass is 16.6. The van der Waals surface area contributed by atoms with Gasteiger partial charge in [0.25, 0.3) is 5.69 Å². The van der Waals surface area contributed by atoms with Crippen LogP contribution in [0, 0.1) is 10.1 Å². The molecule has 9 nitrogen and oxygen atoms in total. The van der Waals surface area contributed by atoms with E-state index in [9.17, 15) is 19.7 Å². The van der Waals surface area contributed by atoms with Crippen molar-refractivity contribution in [1.29, 1.82) is 0 Å². The number of amides is 1. The van der Waals surface area contributed by atoms with E-state index in [-0.39, 0.29) is 31.3 Å². The van der Waals surface area contributed by atoms with Crippen LogP contribution in [0.2, 0.25) is 0 Å². The normalized spacial score (nSPS) is 17.6. The summed E-state index contributed by atoms with van der Waals surface area (Å²) in [6.07, 6.45) is -1.04. The van der Waals surface area contributed by atoms with E-state index in [4.69, 9.17) is 9.84 Å². The van der Waals surface area contributed by atoms with Gasteiger partial charge in [0.2, 0.25) is 5.91 Å². The Balaban J connectivity index is 2.05. The van der Waals surface area contributed by atoms with Crippen LogP contribution in [0.15, 0.2) is 24.3 Å². The van der Waals surface area contributed by atoms with Gasteiger partial charge < -0.3 is 19.6 Å². The van der Waals surface area contributed by atoms with Crippen molar-refractivity contribution >= 4 is 23.3 Å². The first-order valence-corrected chi connectivity index (χ1v) is 6.97. The number of para-hydroxylation sites is 2. The Kier molecular flexibility index (Phi) is 5.12. The number of hydrogen-bond donors (Lipinski definition) is 1. The third kappa shape index (κ3) is 3.95. The molecule has 1 saturated heterocycles. The van der Waals surface area contributed by atoms with Gasteiger partial charge in [-0.3, -0.25) is 14.9 Å². The number of likely N-dealkylation sites (N-methyl/N-ethyl adjacent to an activating group) is 1. The lowest BCUT2D eigenvalue weighted by Crippen LogP contribution is -2.50. The lowest BCUT2D eigenvalue weighted by Gasteiger charge is -2.32. The van der Waals surface area contributed by atoms with Gasteiger partial charge in [-0.05, 0) is 6.07 Å². The SMILES string of the molecule is CN(CC(=O)N1CCOC(C(=O)O)C1)c1ccccc1[N+](=O)[O-]. The molecule has 0 radical (unpaired) electrons. The fourth-order valence-electron chi connectivity index (χ4n) is 2.35. The smallest absolute Gasteiger partial charge is 0.334 e. The Morgan fingerprint density at radius 1 is 1.48 bits per heavy atom. The minimum Gasteiger partial charge on any atom is -0.479 e. The number of morpholine rings is 1. The van der Waals surface area contributed by atoms with Gasteiger partial charge >= 0.3 is 5.97 Å². The van der Waals surface area contributed by atoms with Crippen molar-refractivity contribution in [3.8, 4) is 0 Å². The second kappa shape index (κ2) is 7.05. The predicted octanol–water partition coefficient (Wildman–Crippen LogP) is 0.343. The molecule has 0 saturated carbocycles. The van der Waals surface area contributed by atoms with E-state index in [1.165, 1.54) is 15.9 Å². The van der Waals surface area contributed by atoms with E-state index < -0.39 is 17.0 Å². The fourth-order valence-corrected chi connectivity index (χ4v) is 2.35. The second-order valence-electron chi connectivity index (χ2n) is 5.14. The van der Waals surface area contributed by atoms with E-state index >= 15 is 0 Å². The van der Waals surface area contributed by atoms with Crippen molar-refractivity contribution in [2.75, 3.05) is 38.2 Å². The number of nitrogens with zero attached hydrogens (tertiary/aromatic N) is 3. The summed E-state index contributed by atoms with van der Waals surface area (Å²) in [5.41, 5.74) is 0.238. The number of nitro benzene ring substituents is 1. The molecule has 1 aliphatic heterocycles. The van der Waals surface area contributed by atoms with Gasteiger partial charge in [0.05, 0.1) is 24.6 Å². The molecule has 0 aromatic heterocycles. The number of aliphatic carboxylic acids is 1. The van der Waals surface area contributed by atoms with E-state index in [1.54, 1.807) is 25.2 Å². The van der Waals surface area contributed by atoms with Gasteiger partial charge in [0.15, 0.2) is 6.10 Å². The highest BCUT2D eigenvalue weighted by Crippen LogP contribution is 2.26. The van der Waals surface area contributed by atoms with Gasteiger partial charge in [-0.2, -0.15) is 0 Å². The number of ether oxygens (including phenoxy) is 1. The molecule has 1 unspecified atom stereocenters. The van der Waals surface area contributed by atoms with E-state index in [0.29, 0.717) is 12.2 Å². The molecule has 1 heterocycles. The number of carbonyl (C=O) groups excluding carboxylic acids is 1. The van der Waals surface area contributed by atoms with Crippen LogP contribution < -0.4 is 4.90 Å². The van der Waals surface area contributed by atoms with Crippen LogP contribution in [0.5, 0.6) is 0 Å². The van der Waals surface area contributed by atoms with Crippen LogP contribution in [0.1, 0.15) is 0 Å². The Morgan fingerprint density at radius 2 is 2.17 bits per heavy atom. The molecule has 9 heteroatoms. The molecular formula is C14H17N3O6. The summed E-state index contributed by atoms with van der Waals surface area (Å²) in [5, 5.41) is 20.0. The maximum atomic E-state index is 12.3. The summed E-state index contributed by atoms with van der Waals surface area (Å²) in [4.78, 5) is 36.6. The van der Waals surface area contributed by atoms with Crippen LogP contribution in [0.25, 0.3) is 0 Å². The predicted molar refractivity (Wildman–Crippen MR) is 80.3 cm³/mol. The van der Waals surface area contributed by atoms with Crippen LogP contribution in [-0.2, 0) is 14.3 Å². The molecule has 1 aromatic carbocycles. The fraction of sp³-hybridized carbons (Fsp3) is 0.429. The molecule has 1 fully saturated rings. The van der Waals surface area contributed by atoms with Crippen molar-refractivity contribution in [2.24, 2.45) is 0 Å². The number of hydrogen-bond acceptors (Lipinski definition) is 6. The molecular weight excluding hydrogens is 306 g/mol. The summed E-state index contributed by atoms with van der Waals surface area (Å²) in [6, 6.07) is 6.13. The summed E-state index contributed by atoms with van der Waals surface area (Å²) < 4.78 is 5.06. The van der Waals surface area contributed by atoms with Crippen LogP contribution in [0.4, 0.5) is 11.4 Å². The zero-order chi connectivity index (χ0) is 17.0. The number of nitro groups is 1. The molecule has 1 N–H and O–H groups in total. The van der Waals surface area contributed by atoms with Crippen molar-refractivity contribution < 1.29 is 24.4 Å². The third-order valence-electron chi connectivity index (χ3n) is 3.56. The van der Waals surface area contributed by atoms with Gasteiger partial charge in [-0.25, -0.2) is 4.79 Å². The zero-order valence-corrected chi connectivity index (χ0v) is 12.5. The summed E-state index contributed by atoms with van der Waals surface area (Å²) >= 11 is 0. The largest absolute Gasteiger partial charge is 0.479 e. The highest BCUT2D eigenvalue weighted by Gasteiger charge is 2.29. The topological polar surface area (TPSA) is 113 Å². The first kappa shape index (κ1) is 16.7. The first-order chi connectivity index (χ1) is 10.9. The lowest BCUT2D eigenvalue weighted by molar-refractivity contribution is -0.384. The summed E-state index contributed by atoms with van der Waals surface area (Å²) in [5.74, 6) is -1.42. The maximum absolute atomic E-state index is 12.3. The molecule has 1 aliphatic rings. The molecule has 124 valence electrons. The molecule has 0 aliphatic carbocycles. The minimum atomic E-state index is -1.12. The van der Waals surface area contributed by atoms with Crippen LogP contribution >= 0.6 is 0 Å². The highest BCUT2D eigenvalue weighted by molar-refractivity contribution is 5.83. The average Bonchev–Trinajstić information content (AvgIpc) is 2.54. The lowest BCUT2D eigenvalue weighted by atomic mass is 10.2. The van der Waals surface area contributed by atoms with Gasteiger partial charge in [-0.1, -0.05) is 12.1 Å². The van der Waals surface area contributed by atoms with Gasteiger partial charge in [-0.15, -0.1) is 0 Å². The number of rotatable bonds is 5. The molecule has 1 aromatic rings. The zero-order valence-electron chi connectivity index (χ0n) is 12.5. The Labute approximate surface area is 132 Å². The van der Waals surface area contributed by atoms with Crippen LogP contribution in [0.3, 0.4) is 0 Å². The molecule has 0 spiro atoms. The van der Waals surface area contributed by atoms with Crippen molar-refractivity contribution in [2.45, 2.75) is 6.10 Å². The van der Waals surface area contributed by atoms with Crippen molar-refractivity contribution in [3.63, 3.8) is 0 Å². The number of benzene rings is 1. The second-order valence-corrected chi connectivity index (χ2v) is 5.14. The minimum absolute atomic E-state index is 0.0289. The van der Waals surface area contributed by atoms with Crippen LogP contribution in [-0.4, -0.2) is 66.2 Å². The van der Waals surface area contributed by atoms with E-state index in [2.05, 4.69) is 0 Å². The van der Waals surface area contributed by atoms with Gasteiger partial charge in [0.1, 0.15) is 5.69 Å². The quantitative estimate of drug-likeness (QED) is 0.614. The number of carboxylic acids is 1. The van der Waals surface area contributed by atoms with Gasteiger partial charge in [0, 0.05) is 19.7 Å². The number of anilines is 1. The molecule has 2 rings (SSSR count). The Bertz CT molecular complexity index is 620. The third-order valence-corrected chi connectivity index (χ3v) is 3.56. The molecule has 23 heavy (non-hydrogen) atoms. The summed E-state index contributed by atoms with van der Waals surface area (Å²) in [6.45, 7) is 0.335. The monoisotopic (exact) mass is 323 g/mol. The van der Waals surface area contributed by atoms with Crippen molar-refractivity contribution in [3.05, 3.63) is 34.4 Å². The average molecular weight is 323 g/mol. The maximum Gasteiger partial charge on any atom is 0.334 e. The first-order valence-electron chi connectivity index (χ1n) is 6.97. The molecule has 1 atom stereocenters. The molecule has 1 amide bonds. The van der Waals surface area contributed by atoms with E-state index in [1.807, 2.05) is 0 Å². The van der Waals surface area contributed by atoms with E-state index in [0.717, 1.165) is 0 Å². The number of carboxylic acid groups (broad SMARTS) is 1. The Hall–Kier alpha value is -2.68. The summed E-state index contributed by atoms with van der Waals surface area (Å²) in [7, 11) is 1.58. The molecule has 0 bridgehead atoms. The van der Waals surface area contributed by atoms with Crippen molar-refractivity contribution in [1.82, 2.24) is 4.90 Å².